The largest absolute Gasteiger partial charge is 0.438 e. The molecule has 0 bridgehead atoms. The number of fused-ring (bicyclic) bond motifs is 1. The van der Waals surface area contributed by atoms with Crippen molar-refractivity contribution in [3.63, 3.8) is 0 Å². The lowest BCUT2D eigenvalue weighted by Crippen LogP contribution is -2.20. The predicted molar refractivity (Wildman–Crippen MR) is 131 cm³/mol. The molecule has 0 aliphatic rings. The Labute approximate surface area is 200 Å². The molecule has 0 radical (unpaired) electrons. The minimum absolute atomic E-state index is 0.00445. The standard InChI is InChI=1S/C26H19ClN4O3/c1-16-5-11-21(12-6-16)34-25-22(26(33)31-13-3-4-17(2)23(31)30-25)14-18(15-28)24(32)29-20-9-7-19(27)8-10-20/h3-14H,1-2H3,(H,29,32)/b18-14-. The van der Waals surface area contributed by atoms with Crippen molar-refractivity contribution in [3.8, 4) is 17.7 Å². The minimum Gasteiger partial charge on any atom is -0.438 e. The number of hydrogen-bond donors (Lipinski definition) is 1. The van der Waals surface area contributed by atoms with Crippen LogP contribution in [0.3, 0.4) is 0 Å². The molecule has 8 heteroatoms. The fourth-order valence-corrected chi connectivity index (χ4v) is 3.36. The summed E-state index contributed by atoms with van der Waals surface area (Å²) in [5.41, 5.74) is 1.90. The van der Waals surface area contributed by atoms with Crippen molar-refractivity contribution in [1.29, 1.82) is 5.26 Å². The van der Waals surface area contributed by atoms with E-state index in [1.54, 1.807) is 48.7 Å². The van der Waals surface area contributed by atoms with E-state index in [1.165, 1.54) is 10.5 Å². The topological polar surface area (TPSA) is 96.5 Å². The molecule has 0 saturated carbocycles. The zero-order chi connectivity index (χ0) is 24.2. The van der Waals surface area contributed by atoms with Gasteiger partial charge in [0.15, 0.2) is 0 Å². The fraction of sp³-hybridized carbons (Fsp3) is 0.0769. The van der Waals surface area contributed by atoms with Gasteiger partial charge in [-0.25, -0.2) is 0 Å². The van der Waals surface area contributed by atoms with E-state index in [0.29, 0.717) is 22.1 Å². The second-order valence-electron chi connectivity index (χ2n) is 7.57. The van der Waals surface area contributed by atoms with Gasteiger partial charge in [0.2, 0.25) is 5.88 Å². The monoisotopic (exact) mass is 470 g/mol. The Balaban J connectivity index is 1.82. The van der Waals surface area contributed by atoms with Gasteiger partial charge in [0.25, 0.3) is 11.5 Å². The number of aryl methyl sites for hydroxylation is 2. The molecule has 0 aliphatic carbocycles. The highest BCUT2D eigenvalue weighted by Crippen LogP contribution is 2.25. The molecule has 34 heavy (non-hydrogen) atoms. The summed E-state index contributed by atoms with van der Waals surface area (Å²) >= 11 is 5.88. The fourth-order valence-electron chi connectivity index (χ4n) is 3.24. The highest BCUT2D eigenvalue weighted by molar-refractivity contribution is 6.30. The van der Waals surface area contributed by atoms with Gasteiger partial charge in [0.1, 0.15) is 28.6 Å². The number of nitrogens with one attached hydrogen (secondary N) is 1. The Hall–Kier alpha value is -4.41. The number of carbonyl (C=O) groups excluding carboxylic acids is 1. The third-order valence-corrected chi connectivity index (χ3v) is 5.29. The third kappa shape index (κ3) is 4.82. The van der Waals surface area contributed by atoms with Gasteiger partial charge < -0.3 is 10.1 Å². The summed E-state index contributed by atoms with van der Waals surface area (Å²) in [6, 6.07) is 19.1. The minimum atomic E-state index is -0.681. The first-order valence-corrected chi connectivity index (χ1v) is 10.7. The van der Waals surface area contributed by atoms with Crippen molar-refractivity contribution in [1.82, 2.24) is 9.38 Å². The number of nitrogens with zero attached hydrogens (tertiary/aromatic N) is 3. The van der Waals surface area contributed by atoms with Gasteiger partial charge in [-0.05, 0) is 68.0 Å². The molecule has 1 amide bonds. The van der Waals surface area contributed by atoms with E-state index in [2.05, 4.69) is 10.3 Å². The zero-order valence-electron chi connectivity index (χ0n) is 18.4. The van der Waals surface area contributed by atoms with Crippen molar-refractivity contribution in [3.05, 3.63) is 105 Å². The van der Waals surface area contributed by atoms with E-state index < -0.39 is 11.5 Å². The van der Waals surface area contributed by atoms with Gasteiger partial charge in [0.05, 0.1) is 0 Å². The van der Waals surface area contributed by atoms with Crippen molar-refractivity contribution >= 4 is 34.9 Å². The van der Waals surface area contributed by atoms with Crippen LogP contribution in [0.1, 0.15) is 16.7 Å². The lowest BCUT2D eigenvalue weighted by atomic mass is 10.1. The molecule has 2 aromatic carbocycles. The normalized spacial score (nSPS) is 11.2. The number of aromatic nitrogens is 2. The maximum atomic E-state index is 13.4. The van der Waals surface area contributed by atoms with Gasteiger partial charge in [-0.3, -0.25) is 14.0 Å². The number of amides is 1. The van der Waals surface area contributed by atoms with E-state index >= 15 is 0 Å². The molecule has 0 atom stereocenters. The van der Waals surface area contributed by atoms with Crippen LogP contribution in [-0.2, 0) is 4.79 Å². The van der Waals surface area contributed by atoms with Crippen molar-refractivity contribution in [2.45, 2.75) is 13.8 Å². The Morgan fingerprint density at radius 2 is 1.82 bits per heavy atom. The highest BCUT2D eigenvalue weighted by atomic mass is 35.5. The van der Waals surface area contributed by atoms with Crippen molar-refractivity contribution in [2.24, 2.45) is 0 Å². The summed E-state index contributed by atoms with van der Waals surface area (Å²) in [4.78, 5) is 30.7. The predicted octanol–water partition coefficient (Wildman–Crippen LogP) is 5.30. The molecular formula is C26H19ClN4O3. The molecule has 7 nitrogen and oxygen atoms in total. The number of nitriles is 1. The van der Waals surface area contributed by atoms with E-state index in [9.17, 15) is 14.9 Å². The van der Waals surface area contributed by atoms with Gasteiger partial charge in [-0.15, -0.1) is 0 Å². The van der Waals surface area contributed by atoms with E-state index in [0.717, 1.165) is 11.1 Å². The molecule has 2 heterocycles. The van der Waals surface area contributed by atoms with Gasteiger partial charge in [-0.2, -0.15) is 10.2 Å². The van der Waals surface area contributed by atoms with Crippen LogP contribution >= 0.6 is 11.6 Å². The zero-order valence-corrected chi connectivity index (χ0v) is 19.1. The second kappa shape index (κ2) is 9.61. The number of carbonyl (C=O) groups is 1. The molecule has 0 saturated heterocycles. The van der Waals surface area contributed by atoms with Crippen LogP contribution in [0.25, 0.3) is 11.7 Å². The Morgan fingerprint density at radius 1 is 1.12 bits per heavy atom. The quantitative estimate of drug-likeness (QED) is 0.315. The molecule has 0 fully saturated rings. The lowest BCUT2D eigenvalue weighted by molar-refractivity contribution is -0.112. The summed E-state index contributed by atoms with van der Waals surface area (Å²) in [7, 11) is 0. The molecule has 1 N–H and O–H groups in total. The Kier molecular flexibility index (Phi) is 6.44. The van der Waals surface area contributed by atoms with Gasteiger partial charge in [0, 0.05) is 16.9 Å². The summed E-state index contributed by atoms with van der Waals surface area (Å²) in [6.45, 7) is 3.77. The Bertz CT molecular complexity index is 1520. The van der Waals surface area contributed by atoms with E-state index in [-0.39, 0.29) is 17.0 Å². The number of rotatable bonds is 5. The number of benzene rings is 2. The maximum Gasteiger partial charge on any atom is 0.269 e. The summed E-state index contributed by atoms with van der Waals surface area (Å²) < 4.78 is 7.30. The van der Waals surface area contributed by atoms with Crippen LogP contribution < -0.4 is 15.6 Å². The third-order valence-electron chi connectivity index (χ3n) is 5.04. The first kappa shape index (κ1) is 22.8. The summed E-state index contributed by atoms with van der Waals surface area (Å²) in [5.74, 6) is -0.218. The first-order chi connectivity index (χ1) is 16.4. The van der Waals surface area contributed by atoms with Crippen LogP contribution in [0.2, 0.25) is 5.02 Å². The summed E-state index contributed by atoms with van der Waals surface area (Å²) in [6.07, 6.45) is 2.77. The van der Waals surface area contributed by atoms with Crippen LogP contribution in [0.5, 0.6) is 11.6 Å². The van der Waals surface area contributed by atoms with Crippen molar-refractivity contribution in [2.75, 3.05) is 5.32 Å². The number of halogens is 1. The molecule has 2 aromatic heterocycles. The molecule has 0 spiro atoms. The average Bonchev–Trinajstić information content (AvgIpc) is 2.82. The van der Waals surface area contributed by atoms with Crippen LogP contribution in [0, 0.1) is 25.2 Å². The number of pyridine rings is 1. The molecule has 0 unspecified atom stereocenters. The molecule has 168 valence electrons. The summed E-state index contributed by atoms with van der Waals surface area (Å²) in [5, 5.41) is 12.8. The lowest BCUT2D eigenvalue weighted by Gasteiger charge is -2.12. The SMILES string of the molecule is Cc1ccc(Oc2nc3c(C)cccn3c(=O)c2/C=C(/C#N)C(=O)Nc2ccc(Cl)cc2)cc1. The molecule has 0 aliphatic heterocycles. The van der Waals surface area contributed by atoms with Crippen molar-refractivity contribution < 1.29 is 9.53 Å². The number of ether oxygens (including phenoxy) is 1. The smallest absolute Gasteiger partial charge is 0.269 e. The second-order valence-corrected chi connectivity index (χ2v) is 8.00. The molecule has 4 aromatic rings. The van der Waals surface area contributed by atoms with E-state index in [1.807, 2.05) is 38.1 Å². The Morgan fingerprint density at radius 3 is 2.50 bits per heavy atom. The molecule has 4 rings (SSSR count). The highest BCUT2D eigenvalue weighted by Gasteiger charge is 2.18. The number of hydrogen-bond acceptors (Lipinski definition) is 5. The van der Waals surface area contributed by atoms with Crippen LogP contribution in [0.15, 0.2) is 77.2 Å². The molecular weight excluding hydrogens is 452 g/mol. The van der Waals surface area contributed by atoms with Crippen LogP contribution in [0.4, 0.5) is 5.69 Å². The van der Waals surface area contributed by atoms with E-state index in [4.69, 9.17) is 16.3 Å². The maximum absolute atomic E-state index is 13.4. The van der Waals surface area contributed by atoms with Gasteiger partial charge >= 0.3 is 0 Å². The average molecular weight is 471 g/mol. The number of anilines is 1. The first-order valence-electron chi connectivity index (χ1n) is 10.3. The van der Waals surface area contributed by atoms with Gasteiger partial charge in [-0.1, -0.05) is 35.4 Å². The van der Waals surface area contributed by atoms with Crippen LogP contribution in [-0.4, -0.2) is 15.3 Å².